The molecule has 0 aliphatic rings. The van der Waals surface area contributed by atoms with Crippen molar-refractivity contribution >= 4 is 22.7 Å². The highest BCUT2D eigenvalue weighted by Crippen LogP contribution is 2.33. The Morgan fingerprint density at radius 2 is 2.00 bits per heavy atom. The fourth-order valence-corrected chi connectivity index (χ4v) is 2.99. The molecular weight excluding hydrogens is 326 g/mol. The molecule has 4 N–H and O–H groups in total. The number of nitrogens with one attached hydrogen (secondary N) is 2. The van der Waals surface area contributed by atoms with Crippen LogP contribution in [-0.2, 0) is 6.54 Å². The summed E-state index contributed by atoms with van der Waals surface area (Å²) >= 11 is 0. The molecular formula is C19H19N7. The topological polar surface area (TPSA) is 105 Å². The van der Waals surface area contributed by atoms with Gasteiger partial charge in [0.15, 0.2) is 0 Å². The molecule has 7 nitrogen and oxygen atoms in total. The molecule has 0 aromatic carbocycles. The lowest BCUT2D eigenvalue weighted by atomic mass is 10.1. The summed E-state index contributed by atoms with van der Waals surface area (Å²) in [5.41, 5.74) is 10.7. The highest BCUT2D eigenvalue weighted by atomic mass is 15.1. The maximum atomic E-state index is 5.85. The Morgan fingerprint density at radius 1 is 1.12 bits per heavy atom. The Morgan fingerprint density at radius 3 is 2.81 bits per heavy atom. The van der Waals surface area contributed by atoms with Gasteiger partial charge in [0, 0.05) is 24.2 Å². The fourth-order valence-electron chi connectivity index (χ4n) is 2.99. The zero-order chi connectivity index (χ0) is 18.1. The van der Waals surface area contributed by atoms with Gasteiger partial charge in [-0.05, 0) is 43.2 Å². The van der Waals surface area contributed by atoms with Crippen LogP contribution in [0.3, 0.4) is 0 Å². The zero-order valence-electron chi connectivity index (χ0n) is 14.6. The van der Waals surface area contributed by atoms with Gasteiger partial charge < -0.3 is 16.0 Å². The first-order valence-electron chi connectivity index (χ1n) is 8.34. The number of aryl methyl sites for hydroxylation is 2. The predicted molar refractivity (Wildman–Crippen MR) is 103 cm³/mol. The van der Waals surface area contributed by atoms with Crippen LogP contribution >= 0.6 is 0 Å². The number of hydrogen-bond acceptors (Lipinski definition) is 6. The smallest absolute Gasteiger partial charge is 0.143 e. The fraction of sp³-hybridized carbons (Fsp3) is 0.158. The van der Waals surface area contributed by atoms with Gasteiger partial charge in [-0.2, -0.15) is 0 Å². The van der Waals surface area contributed by atoms with Gasteiger partial charge in [0.1, 0.15) is 23.1 Å². The molecule has 0 fully saturated rings. The number of pyridine rings is 2. The zero-order valence-corrected chi connectivity index (χ0v) is 14.6. The van der Waals surface area contributed by atoms with Gasteiger partial charge in [0.2, 0.25) is 0 Å². The van der Waals surface area contributed by atoms with E-state index in [0.29, 0.717) is 18.2 Å². The molecule has 0 aliphatic carbocycles. The number of fused-ring (bicyclic) bond motifs is 1. The number of anilines is 2. The Balaban J connectivity index is 1.78. The molecule has 0 bridgehead atoms. The van der Waals surface area contributed by atoms with Crippen molar-refractivity contribution in [2.24, 2.45) is 0 Å². The normalized spacial score (nSPS) is 11.0. The minimum absolute atomic E-state index is 0.475. The number of nitrogens with zero attached hydrogens (tertiary/aromatic N) is 4. The lowest BCUT2D eigenvalue weighted by molar-refractivity contribution is 0.992. The molecule has 7 heteroatoms. The van der Waals surface area contributed by atoms with E-state index in [1.807, 2.05) is 44.3 Å². The highest BCUT2D eigenvalue weighted by Gasteiger charge is 2.14. The number of aromatic amines is 1. The third-order valence-corrected chi connectivity index (χ3v) is 4.28. The second kappa shape index (κ2) is 6.44. The van der Waals surface area contributed by atoms with Crippen molar-refractivity contribution in [1.82, 2.24) is 24.9 Å². The summed E-state index contributed by atoms with van der Waals surface area (Å²) in [4.78, 5) is 20.8. The van der Waals surface area contributed by atoms with Crippen LogP contribution in [0.4, 0.5) is 11.6 Å². The third kappa shape index (κ3) is 2.95. The average molecular weight is 345 g/mol. The first-order chi connectivity index (χ1) is 12.6. The van der Waals surface area contributed by atoms with Crippen LogP contribution in [0.25, 0.3) is 22.2 Å². The summed E-state index contributed by atoms with van der Waals surface area (Å²) in [6, 6.07) is 7.75. The Kier molecular flexibility index (Phi) is 3.96. The summed E-state index contributed by atoms with van der Waals surface area (Å²) in [6.45, 7) is 4.51. The molecule has 0 amide bonds. The van der Waals surface area contributed by atoms with Crippen molar-refractivity contribution < 1.29 is 0 Å². The molecule has 4 rings (SSSR count). The van der Waals surface area contributed by atoms with E-state index >= 15 is 0 Å². The van der Waals surface area contributed by atoms with E-state index in [0.717, 1.165) is 39.2 Å². The maximum Gasteiger partial charge on any atom is 0.143 e. The van der Waals surface area contributed by atoms with E-state index in [4.69, 9.17) is 5.73 Å². The summed E-state index contributed by atoms with van der Waals surface area (Å²) in [6.07, 6.45) is 5.42. The number of nitrogen functional groups attached to an aromatic ring is 1. The number of aromatic nitrogens is 5. The molecule has 0 spiro atoms. The summed E-state index contributed by atoms with van der Waals surface area (Å²) in [5, 5.41) is 4.34. The van der Waals surface area contributed by atoms with Crippen LogP contribution < -0.4 is 11.1 Å². The van der Waals surface area contributed by atoms with Gasteiger partial charge in [0.25, 0.3) is 0 Å². The minimum atomic E-state index is 0.475. The Hall–Kier alpha value is -3.48. The molecule has 4 aromatic rings. The minimum Gasteiger partial charge on any atom is -0.384 e. The van der Waals surface area contributed by atoms with Crippen molar-refractivity contribution in [3.05, 3.63) is 59.9 Å². The molecule has 0 aliphatic heterocycles. The van der Waals surface area contributed by atoms with E-state index in [1.165, 1.54) is 0 Å². The quantitative estimate of drug-likeness (QED) is 0.524. The summed E-state index contributed by atoms with van der Waals surface area (Å²) in [7, 11) is 0. The lowest BCUT2D eigenvalue weighted by Gasteiger charge is -2.10. The molecule has 0 saturated heterocycles. The monoisotopic (exact) mass is 345 g/mol. The van der Waals surface area contributed by atoms with E-state index in [-0.39, 0.29) is 0 Å². The molecule has 4 aromatic heterocycles. The second-order valence-electron chi connectivity index (χ2n) is 6.14. The van der Waals surface area contributed by atoms with Crippen LogP contribution in [-0.4, -0.2) is 24.9 Å². The van der Waals surface area contributed by atoms with Crippen LogP contribution in [0.15, 0.2) is 42.9 Å². The largest absolute Gasteiger partial charge is 0.384 e. The Bertz CT molecular complexity index is 1080. The van der Waals surface area contributed by atoms with Gasteiger partial charge in [-0.1, -0.05) is 6.07 Å². The van der Waals surface area contributed by atoms with Crippen LogP contribution in [0.2, 0.25) is 0 Å². The van der Waals surface area contributed by atoms with Gasteiger partial charge in [-0.25, -0.2) is 15.0 Å². The standard InChI is InChI=1S/C19H19N7/c1-11-4-3-6-21-15(11)10-24-19-17-14(13-5-7-22-16(20)8-13)9-23-18(17)25-12(2)26-19/h3-9H,10H2,1-2H3,(H2,20,22)(H2,23,24,25,26). The van der Waals surface area contributed by atoms with E-state index in [1.54, 1.807) is 12.4 Å². The van der Waals surface area contributed by atoms with Gasteiger partial charge >= 0.3 is 0 Å². The van der Waals surface area contributed by atoms with E-state index in [9.17, 15) is 0 Å². The van der Waals surface area contributed by atoms with Crippen molar-refractivity contribution in [3.8, 4) is 11.1 Å². The second-order valence-corrected chi connectivity index (χ2v) is 6.14. The molecule has 0 atom stereocenters. The van der Waals surface area contributed by atoms with Crippen LogP contribution in [0.5, 0.6) is 0 Å². The summed E-state index contributed by atoms with van der Waals surface area (Å²) in [5.74, 6) is 1.94. The average Bonchev–Trinajstić information content (AvgIpc) is 3.04. The molecule has 0 unspecified atom stereocenters. The van der Waals surface area contributed by atoms with Crippen LogP contribution in [0, 0.1) is 13.8 Å². The first-order valence-corrected chi connectivity index (χ1v) is 8.34. The number of hydrogen-bond donors (Lipinski definition) is 3. The molecule has 0 saturated carbocycles. The van der Waals surface area contributed by atoms with E-state index < -0.39 is 0 Å². The van der Waals surface area contributed by atoms with Crippen molar-refractivity contribution in [2.75, 3.05) is 11.1 Å². The van der Waals surface area contributed by atoms with Crippen molar-refractivity contribution in [1.29, 1.82) is 0 Å². The number of rotatable bonds is 4. The predicted octanol–water partition coefficient (Wildman–Crippen LogP) is 3.23. The van der Waals surface area contributed by atoms with Crippen LogP contribution in [0.1, 0.15) is 17.1 Å². The van der Waals surface area contributed by atoms with E-state index in [2.05, 4.69) is 30.2 Å². The Labute approximate surface area is 150 Å². The SMILES string of the molecule is Cc1nc(NCc2ncccc2C)c2c(-c3ccnc(N)c3)c[nH]c2n1. The van der Waals surface area contributed by atoms with Gasteiger partial charge in [-0.3, -0.25) is 4.98 Å². The number of nitrogens with two attached hydrogens (primary N) is 1. The van der Waals surface area contributed by atoms with Crippen molar-refractivity contribution in [2.45, 2.75) is 20.4 Å². The number of H-pyrrole nitrogens is 1. The highest BCUT2D eigenvalue weighted by molar-refractivity contribution is 6.01. The first kappa shape index (κ1) is 16.0. The maximum absolute atomic E-state index is 5.85. The van der Waals surface area contributed by atoms with Gasteiger partial charge in [0.05, 0.1) is 17.6 Å². The third-order valence-electron chi connectivity index (χ3n) is 4.28. The summed E-state index contributed by atoms with van der Waals surface area (Å²) < 4.78 is 0. The molecule has 26 heavy (non-hydrogen) atoms. The lowest BCUT2D eigenvalue weighted by Crippen LogP contribution is -2.06. The molecule has 4 heterocycles. The van der Waals surface area contributed by atoms with Crippen molar-refractivity contribution in [3.63, 3.8) is 0 Å². The molecule has 130 valence electrons. The van der Waals surface area contributed by atoms with Gasteiger partial charge in [-0.15, -0.1) is 0 Å². The molecule has 0 radical (unpaired) electrons.